The van der Waals surface area contributed by atoms with Gasteiger partial charge in [0.05, 0.1) is 12.0 Å². The van der Waals surface area contributed by atoms with Gasteiger partial charge in [0.15, 0.2) is 0 Å². The predicted octanol–water partition coefficient (Wildman–Crippen LogP) is 2.33. The lowest BCUT2D eigenvalue weighted by Gasteiger charge is -2.34. The summed E-state index contributed by atoms with van der Waals surface area (Å²) in [6.07, 6.45) is 2.50. The van der Waals surface area contributed by atoms with Gasteiger partial charge in [0.1, 0.15) is 0 Å². The molecule has 2 rings (SSSR count). The summed E-state index contributed by atoms with van der Waals surface area (Å²) in [4.78, 5) is 14.3. The van der Waals surface area contributed by atoms with Crippen LogP contribution in [0.2, 0.25) is 0 Å². The van der Waals surface area contributed by atoms with Crippen molar-refractivity contribution in [2.24, 2.45) is 5.73 Å². The lowest BCUT2D eigenvalue weighted by atomic mass is 9.98. The topological polar surface area (TPSA) is 46.3 Å². The number of carbonyl (C=O) groups is 1. The van der Waals surface area contributed by atoms with Gasteiger partial charge in [-0.15, -0.1) is 0 Å². The molecule has 1 amide bonds. The first-order valence-electron chi connectivity index (χ1n) is 6.31. The molecule has 0 aliphatic carbocycles. The minimum absolute atomic E-state index is 0.154. The molecule has 0 radical (unpaired) electrons. The van der Waals surface area contributed by atoms with Gasteiger partial charge in [0.25, 0.3) is 0 Å². The molecule has 0 bridgehead atoms. The highest BCUT2D eigenvalue weighted by molar-refractivity contribution is 9.10. The average Bonchev–Trinajstić information content (AvgIpc) is 2.75. The van der Waals surface area contributed by atoms with Gasteiger partial charge in [-0.25, -0.2) is 0 Å². The van der Waals surface area contributed by atoms with Crippen LogP contribution in [0.4, 0.5) is 0 Å². The molecule has 98 valence electrons. The lowest BCUT2D eigenvalue weighted by Crippen LogP contribution is -2.50. The molecule has 1 aromatic carbocycles. The maximum atomic E-state index is 12.4. The van der Waals surface area contributed by atoms with Crippen LogP contribution in [0.5, 0.6) is 0 Å². The van der Waals surface area contributed by atoms with Crippen molar-refractivity contribution in [3.8, 4) is 0 Å². The summed E-state index contributed by atoms with van der Waals surface area (Å²) in [5.74, 6) is 0.173. The number of halogens is 1. The Hall–Kier alpha value is -0.870. The number of hydrogen-bond acceptors (Lipinski definition) is 2. The summed E-state index contributed by atoms with van der Waals surface area (Å²) in [6, 6.07) is 7.87. The minimum Gasteiger partial charge on any atom is -0.336 e. The van der Waals surface area contributed by atoms with Crippen molar-refractivity contribution in [1.82, 2.24) is 4.90 Å². The second-order valence-electron chi connectivity index (χ2n) is 5.12. The second kappa shape index (κ2) is 5.41. The van der Waals surface area contributed by atoms with Gasteiger partial charge in [-0.05, 0) is 31.4 Å². The fourth-order valence-electron chi connectivity index (χ4n) is 2.56. The zero-order valence-corrected chi connectivity index (χ0v) is 12.2. The first-order chi connectivity index (χ1) is 8.57. The summed E-state index contributed by atoms with van der Waals surface area (Å²) < 4.78 is 0.993. The summed E-state index contributed by atoms with van der Waals surface area (Å²) in [5, 5.41) is 0. The van der Waals surface area contributed by atoms with Gasteiger partial charge in [-0.1, -0.05) is 34.1 Å². The molecule has 0 spiro atoms. The van der Waals surface area contributed by atoms with Crippen LogP contribution in [0, 0.1) is 0 Å². The minimum atomic E-state index is -0.154. The van der Waals surface area contributed by atoms with E-state index in [0.29, 0.717) is 13.0 Å². The van der Waals surface area contributed by atoms with Crippen molar-refractivity contribution in [2.45, 2.75) is 31.7 Å². The summed E-state index contributed by atoms with van der Waals surface area (Å²) in [6.45, 7) is 3.45. The molecule has 1 fully saturated rings. The molecule has 0 saturated carbocycles. The molecule has 18 heavy (non-hydrogen) atoms. The van der Waals surface area contributed by atoms with Crippen LogP contribution >= 0.6 is 15.9 Å². The number of benzene rings is 1. The van der Waals surface area contributed by atoms with Gasteiger partial charge in [0.2, 0.25) is 5.91 Å². The van der Waals surface area contributed by atoms with E-state index in [1.54, 1.807) is 0 Å². The third-order valence-electron chi connectivity index (χ3n) is 3.79. The molecule has 1 aliphatic heterocycles. The fraction of sp³-hybridized carbons (Fsp3) is 0.500. The van der Waals surface area contributed by atoms with E-state index in [-0.39, 0.29) is 11.4 Å². The number of likely N-dealkylation sites (tertiary alicyclic amines) is 1. The van der Waals surface area contributed by atoms with Crippen LogP contribution in [0.3, 0.4) is 0 Å². The Kier molecular flexibility index (Phi) is 4.07. The molecule has 0 aromatic heterocycles. The Bertz CT molecular complexity index is 449. The molecule has 1 heterocycles. The highest BCUT2D eigenvalue weighted by Gasteiger charge is 2.38. The van der Waals surface area contributed by atoms with Gasteiger partial charge in [0, 0.05) is 17.6 Å². The molecule has 1 aliphatic rings. The zero-order chi connectivity index (χ0) is 13.2. The summed E-state index contributed by atoms with van der Waals surface area (Å²) >= 11 is 3.48. The number of carbonyl (C=O) groups excluding carboxylic acids is 1. The Labute approximate surface area is 116 Å². The molecule has 2 N–H and O–H groups in total. The van der Waals surface area contributed by atoms with Crippen molar-refractivity contribution >= 4 is 21.8 Å². The number of nitrogens with zero attached hydrogens (tertiary/aromatic N) is 1. The molecule has 4 heteroatoms. The third kappa shape index (κ3) is 2.59. The van der Waals surface area contributed by atoms with Gasteiger partial charge >= 0.3 is 0 Å². The number of hydrogen-bond donors (Lipinski definition) is 1. The number of rotatable bonds is 3. The van der Waals surface area contributed by atoms with Gasteiger partial charge < -0.3 is 10.6 Å². The van der Waals surface area contributed by atoms with Crippen molar-refractivity contribution in [3.63, 3.8) is 0 Å². The van der Waals surface area contributed by atoms with Crippen LogP contribution in [0.15, 0.2) is 28.7 Å². The number of amides is 1. The quantitative estimate of drug-likeness (QED) is 0.931. The SMILES string of the molecule is CC1(CN)CCCN1C(=O)Cc1ccccc1Br. The van der Waals surface area contributed by atoms with E-state index in [1.165, 1.54) is 0 Å². The molecule has 3 nitrogen and oxygen atoms in total. The van der Waals surface area contributed by atoms with Crippen molar-refractivity contribution in [2.75, 3.05) is 13.1 Å². The normalized spacial score (nSPS) is 23.4. The standard InChI is InChI=1S/C14H19BrN2O/c1-14(10-16)7-4-8-17(14)13(18)9-11-5-2-3-6-12(11)15/h2-3,5-6H,4,7-10,16H2,1H3. The molecule has 1 aromatic rings. The molecular formula is C14H19BrN2O. The average molecular weight is 311 g/mol. The van der Waals surface area contributed by atoms with E-state index in [4.69, 9.17) is 5.73 Å². The van der Waals surface area contributed by atoms with Gasteiger partial charge in [-0.2, -0.15) is 0 Å². The molecule has 1 atom stereocenters. The van der Waals surface area contributed by atoms with E-state index in [0.717, 1.165) is 29.4 Å². The Morgan fingerprint density at radius 3 is 2.89 bits per heavy atom. The highest BCUT2D eigenvalue weighted by atomic mass is 79.9. The van der Waals surface area contributed by atoms with Crippen molar-refractivity contribution in [3.05, 3.63) is 34.3 Å². The van der Waals surface area contributed by atoms with Gasteiger partial charge in [-0.3, -0.25) is 4.79 Å². The van der Waals surface area contributed by atoms with Crippen molar-refractivity contribution < 1.29 is 4.79 Å². The van der Waals surface area contributed by atoms with E-state index in [9.17, 15) is 4.79 Å². The molecule has 1 saturated heterocycles. The van der Waals surface area contributed by atoms with E-state index < -0.39 is 0 Å². The maximum absolute atomic E-state index is 12.4. The smallest absolute Gasteiger partial charge is 0.227 e. The largest absolute Gasteiger partial charge is 0.336 e. The highest BCUT2D eigenvalue weighted by Crippen LogP contribution is 2.29. The fourth-order valence-corrected chi connectivity index (χ4v) is 2.99. The second-order valence-corrected chi connectivity index (χ2v) is 5.97. The Morgan fingerprint density at radius 2 is 2.22 bits per heavy atom. The lowest BCUT2D eigenvalue weighted by molar-refractivity contribution is -0.133. The van der Waals surface area contributed by atoms with Crippen molar-refractivity contribution in [1.29, 1.82) is 0 Å². The Balaban J connectivity index is 2.11. The van der Waals surface area contributed by atoms with Crippen LogP contribution in [-0.4, -0.2) is 29.4 Å². The third-order valence-corrected chi connectivity index (χ3v) is 4.56. The molecule has 1 unspecified atom stereocenters. The number of nitrogens with two attached hydrogens (primary N) is 1. The first-order valence-corrected chi connectivity index (χ1v) is 7.10. The van der Waals surface area contributed by atoms with Crippen LogP contribution in [0.25, 0.3) is 0 Å². The predicted molar refractivity (Wildman–Crippen MR) is 76.3 cm³/mol. The first kappa shape index (κ1) is 13.6. The Morgan fingerprint density at radius 1 is 1.50 bits per heavy atom. The van der Waals surface area contributed by atoms with Crippen LogP contribution < -0.4 is 5.73 Å². The summed E-state index contributed by atoms with van der Waals surface area (Å²) in [7, 11) is 0. The van der Waals surface area contributed by atoms with E-state index >= 15 is 0 Å². The zero-order valence-electron chi connectivity index (χ0n) is 10.7. The summed E-state index contributed by atoms with van der Waals surface area (Å²) in [5.41, 5.74) is 6.70. The monoisotopic (exact) mass is 310 g/mol. The van der Waals surface area contributed by atoms with Crippen LogP contribution in [0.1, 0.15) is 25.3 Å². The van der Waals surface area contributed by atoms with E-state index in [2.05, 4.69) is 22.9 Å². The van der Waals surface area contributed by atoms with E-state index in [1.807, 2.05) is 29.2 Å². The molecular weight excluding hydrogens is 292 g/mol. The maximum Gasteiger partial charge on any atom is 0.227 e. The van der Waals surface area contributed by atoms with Crippen LogP contribution in [-0.2, 0) is 11.2 Å².